The number of phenols is 1. The van der Waals surface area contributed by atoms with Crippen LogP contribution in [0.5, 0.6) is 5.75 Å². The van der Waals surface area contributed by atoms with Crippen LogP contribution in [0.4, 0.5) is 0 Å². The van der Waals surface area contributed by atoms with Gasteiger partial charge in [0, 0.05) is 37.7 Å². The molecule has 1 aliphatic rings. The maximum Gasteiger partial charge on any atom is 0.326 e. The Kier molecular flexibility index (Phi) is 26.5. The number of imidazole rings is 1. The minimum Gasteiger partial charge on any atom is -0.508 e. The zero-order valence-corrected chi connectivity index (χ0v) is 46.9. The molecule has 27 nitrogen and oxygen atoms in total. The lowest BCUT2D eigenvalue weighted by molar-refractivity contribution is -0.143. The van der Waals surface area contributed by atoms with Gasteiger partial charge < -0.3 is 78.6 Å². The van der Waals surface area contributed by atoms with Crippen molar-refractivity contribution < 1.29 is 73.2 Å². The van der Waals surface area contributed by atoms with Crippen molar-refractivity contribution >= 4 is 65.1 Å². The molecule has 0 radical (unpaired) electrons. The molecule has 444 valence electrons. The van der Waals surface area contributed by atoms with Crippen molar-refractivity contribution in [3.05, 3.63) is 48.0 Å². The van der Waals surface area contributed by atoms with Crippen LogP contribution in [0, 0.1) is 23.7 Å². The van der Waals surface area contributed by atoms with E-state index in [1.807, 2.05) is 0 Å². The number of benzene rings is 1. The highest BCUT2D eigenvalue weighted by molar-refractivity contribution is 5.99. The Morgan fingerprint density at radius 1 is 0.637 bits per heavy atom. The number of aliphatic carboxylic acids is 2. The summed E-state index contributed by atoms with van der Waals surface area (Å²) in [6.45, 7) is 14.0. The molecule has 2 heterocycles. The number of carbonyl (C=O) groups excluding carboxylic acids is 9. The van der Waals surface area contributed by atoms with E-state index in [4.69, 9.17) is 5.73 Å². The number of aromatic amines is 1. The Labute approximate surface area is 464 Å². The van der Waals surface area contributed by atoms with E-state index in [0.717, 1.165) is 0 Å². The van der Waals surface area contributed by atoms with Crippen molar-refractivity contribution in [2.45, 2.75) is 174 Å². The van der Waals surface area contributed by atoms with Crippen LogP contribution in [-0.2, 0) is 65.6 Å². The van der Waals surface area contributed by atoms with Gasteiger partial charge in [-0.1, -0.05) is 67.5 Å². The van der Waals surface area contributed by atoms with Crippen LogP contribution in [0.15, 0.2) is 36.8 Å². The van der Waals surface area contributed by atoms with Gasteiger partial charge in [0.2, 0.25) is 53.2 Å². The molecule has 80 heavy (non-hydrogen) atoms. The molecule has 3 rings (SSSR count). The Bertz CT molecular complexity index is 2450. The number of aromatic hydroxyl groups is 1. The van der Waals surface area contributed by atoms with E-state index < -0.39 is 157 Å². The summed E-state index contributed by atoms with van der Waals surface area (Å²) in [4.78, 5) is 155. The van der Waals surface area contributed by atoms with Gasteiger partial charge in [-0.2, -0.15) is 0 Å². The highest BCUT2D eigenvalue weighted by Crippen LogP contribution is 2.20. The summed E-state index contributed by atoms with van der Waals surface area (Å²) < 4.78 is 0. The Morgan fingerprint density at radius 3 is 1.68 bits per heavy atom. The number of aliphatic hydroxyl groups is 1. The number of rotatable bonds is 32. The summed E-state index contributed by atoms with van der Waals surface area (Å²) in [5, 5.41) is 59.6. The number of nitrogens with two attached hydrogens (primary N) is 1. The molecule has 0 aliphatic carbocycles. The SMILES string of the molecule is CC(C)C[C@H](NC(=O)[C@H](CC(C)C)NC(=O)[C@@H](NC(=O)[C@H](CO)NC(=O)[C@@H](NC(=O)[C@H](C)NC(=O)[C@H](Cc1ccc(O)cc1)NC(=O)[C@H](CCC(=O)O)NC(=O)[C@@H]1CCCN1C(=O)[C@@H](N)Cc1cnc[nH]1)C(C)C)C(C)C)C(=O)O. The van der Waals surface area contributed by atoms with Crippen LogP contribution in [0.3, 0.4) is 0 Å². The number of likely N-dealkylation sites (tertiary alicyclic amines) is 1. The van der Waals surface area contributed by atoms with Gasteiger partial charge in [0.15, 0.2) is 0 Å². The number of H-pyrrole nitrogens is 1. The fourth-order valence-corrected chi connectivity index (χ4v) is 8.76. The van der Waals surface area contributed by atoms with Gasteiger partial charge in [-0.15, -0.1) is 0 Å². The molecule has 10 atom stereocenters. The minimum atomic E-state index is -1.67. The van der Waals surface area contributed by atoms with Crippen LogP contribution in [0.1, 0.15) is 112 Å². The Hall–Kier alpha value is -7.68. The summed E-state index contributed by atoms with van der Waals surface area (Å²) in [5.41, 5.74) is 7.21. The van der Waals surface area contributed by atoms with Crippen LogP contribution < -0.4 is 48.3 Å². The summed E-state index contributed by atoms with van der Waals surface area (Å²) >= 11 is 0. The number of carboxylic acids is 2. The molecule has 0 spiro atoms. The number of aliphatic hydroxyl groups excluding tert-OH is 1. The first-order valence-electron chi connectivity index (χ1n) is 26.8. The number of nitrogens with zero attached hydrogens (tertiary/aromatic N) is 2. The van der Waals surface area contributed by atoms with Gasteiger partial charge >= 0.3 is 11.9 Å². The van der Waals surface area contributed by atoms with E-state index in [1.54, 1.807) is 55.4 Å². The third-order valence-corrected chi connectivity index (χ3v) is 13.2. The highest BCUT2D eigenvalue weighted by Gasteiger charge is 2.40. The maximum absolute atomic E-state index is 14.1. The zero-order valence-electron chi connectivity index (χ0n) is 46.9. The van der Waals surface area contributed by atoms with Crippen molar-refractivity contribution in [1.29, 1.82) is 0 Å². The van der Waals surface area contributed by atoms with E-state index in [2.05, 4.69) is 52.5 Å². The third-order valence-electron chi connectivity index (χ3n) is 13.2. The Balaban J connectivity index is 1.76. The molecular weight excluding hydrogens is 1040 g/mol. The Morgan fingerprint density at radius 2 is 1.15 bits per heavy atom. The number of hydrogen-bond donors (Lipinski definition) is 14. The number of phenolic OH excluding ortho intramolecular Hbond substituents is 1. The van der Waals surface area contributed by atoms with Gasteiger partial charge in [-0.05, 0) is 80.4 Å². The smallest absolute Gasteiger partial charge is 0.326 e. The van der Waals surface area contributed by atoms with E-state index in [1.165, 1.54) is 48.6 Å². The van der Waals surface area contributed by atoms with E-state index in [-0.39, 0.29) is 56.2 Å². The second-order valence-corrected chi connectivity index (χ2v) is 21.7. The highest BCUT2D eigenvalue weighted by atomic mass is 16.4. The molecule has 1 aromatic carbocycles. The fraction of sp³-hybridized carbons (Fsp3) is 0.623. The predicted octanol–water partition coefficient (Wildman–Crippen LogP) is -1.54. The van der Waals surface area contributed by atoms with Gasteiger partial charge in [0.1, 0.15) is 60.1 Å². The van der Waals surface area contributed by atoms with Gasteiger partial charge in [0.05, 0.1) is 19.0 Å². The third kappa shape index (κ3) is 21.2. The predicted molar refractivity (Wildman–Crippen MR) is 288 cm³/mol. The molecule has 1 aromatic heterocycles. The monoisotopic (exact) mass is 1130 g/mol. The van der Waals surface area contributed by atoms with Gasteiger partial charge in [0.25, 0.3) is 0 Å². The molecular formula is C53H82N12O15. The van der Waals surface area contributed by atoms with Gasteiger partial charge in [-0.3, -0.25) is 47.9 Å². The van der Waals surface area contributed by atoms with Gasteiger partial charge in [-0.25, -0.2) is 9.78 Å². The van der Waals surface area contributed by atoms with E-state index in [9.17, 15) is 73.2 Å². The zero-order chi connectivity index (χ0) is 60.1. The molecule has 1 fully saturated rings. The molecule has 27 heteroatoms. The standard InChI is InChI=1S/C53H82N12O15/c1-26(2)19-36(47(73)61-38(53(79)80)20-27(3)4)60-50(76)43(29(7)8)64-48(74)39(24-66)62-51(77)42(28(5)6)63-44(70)30(9)57-46(72)37(21-31-12-14-33(67)15-13-31)59-45(71)35(16-17-41(68)69)58-49(75)40-11-10-18-65(40)52(78)34(54)22-32-23-55-25-56-32/h12-15,23,25-30,34-40,42-43,66-67H,10-11,16-22,24,54H2,1-9H3,(H,55,56)(H,57,72)(H,58,75)(H,59,71)(H,60,76)(H,61,73)(H,62,77)(H,63,70)(H,64,74)(H,68,69)(H,79,80)/t30-,34-,35-,36-,37-,38-,39-,40-,42-,43-/m0/s1. The number of aromatic nitrogens is 2. The maximum atomic E-state index is 14.1. The topological polar surface area (TPSA) is 423 Å². The second kappa shape index (κ2) is 31.8. The van der Waals surface area contributed by atoms with Crippen LogP contribution in [0.2, 0.25) is 0 Å². The van der Waals surface area contributed by atoms with Crippen molar-refractivity contribution in [3.63, 3.8) is 0 Å². The van der Waals surface area contributed by atoms with Crippen molar-refractivity contribution in [1.82, 2.24) is 57.4 Å². The lowest BCUT2D eigenvalue weighted by atomic mass is 9.98. The summed E-state index contributed by atoms with van der Waals surface area (Å²) in [6.07, 6.45) is 2.67. The van der Waals surface area contributed by atoms with Crippen molar-refractivity contribution in [2.75, 3.05) is 13.2 Å². The first kappa shape index (κ1) is 66.6. The molecule has 1 aliphatic heterocycles. The molecule has 0 unspecified atom stereocenters. The molecule has 0 saturated carbocycles. The second-order valence-electron chi connectivity index (χ2n) is 21.7. The van der Waals surface area contributed by atoms with Crippen molar-refractivity contribution in [2.24, 2.45) is 29.4 Å². The largest absolute Gasteiger partial charge is 0.508 e. The quantitative estimate of drug-likeness (QED) is 0.0395. The summed E-state index contributed by atoms with van der Waals surface area (Å²) in [5.74, 6) is -11.7. The molecule has 9 amide bonds. The van der Waals surface area contributed by atoms with Crippen LogP contribution in [-0.4, -0.2) is 174 Å². The van der Waals surface area contributed by atoms with Crippen LogP contribution >= 0.6 is 0 Å². The lowest BCUT2D eigenvalue weighted by Gasteiger charge is -2.29. The first-order chi connectivity index (χ1) is 37.5. The number of hydrogen-bond acceptors (Lipinski definition) is 15. The average Bonchev–Trinajstić information content (AvgIpc) is 4.10. The van der Waals surface area contributed by atoms with E-state index in [0.29, 0.717) is 17.7 Å². The lowest BCUT2D eigenvalue weighted by Crippen LogP contribution is -2.62. The van der Waals surface area contributed by atoms with Crippen LogP contribution in [0.25, 0.3) is 0 Å². The van der Waals surface area contributed by atoms with Crippen molar-refractivity contribution in [3.8, 4) is 5.75 Å². The van der Waals surface area contributed by atoms with E-state index >= 15 is 0 Å². The average molecular weight is 1130 g/mol. The fourth-order valence-electron chi connectivity index (χ4n) is 8.76. The normalized spacial score (nSPS) is 16.7. The number of carboxylic acid groups (broad SMARTS) is 2. The minimum absolute atomic E-state index is 0.0729. The summed E-state index contributed by atoms with van der Waals surface area (Å²) in [6, 6.07) is -7.73. The number of amides is 9. The molecule has 0 bridgehead atoms. The number of nitrogens with one attached hydrogen (secondary N) is 9. The molecule has 15 N–H and O–H groups in total. The summed E-state index contributed by atoms with van der Waals surface area (Å²) in [7, 11) is 0. The first-order valence-corrected chi connectivity index (χ1v) is 26.8. The molecule has 1 saturated heterocycles. The molecule has 2 aromatic rings. The number of carbonyl (C=O) groups is 11.